The first kappa shape index (κ1) is 27.4. The Hall–Kier alpha value is -3.23. The molecule has 2 aromatic rings. The Morgan fingerprint density at radius 1 is 1.08 bits per heavy atom. The van der Waals surface area contributed by atoms with E-state index in [0.717, 1.165) is 0 Å². The fourth-order valence-corrected chi connectivity index (χ4v) is 4.33. The zero-order valence-electron chi connectivity index (χ0n) is 21.2. The quantitative estimate of drug-likeness (QED) is 0.194. The molecule has 0 aliphatic carbocycles. The average Bonchev–Trinajstić information content (AvgIpc) is 3.11. The number of carbonyl (C=O) groups is 2. The number of halogens is 1. The van der Waals surface area contributed by atoms with Gasteiger partial charge in [-0.25, -0.2) is 0 Å². The van der Waals surface area contributed by atoms with E-state index in [1.807, 2.05) is 20.8 Å². The Bertz CT molecular complexity index is 1140. The predicted molar refractivity (Wildman–Crippen MR) is 137 cm³/mol. The van der Waals surface area contributed by atoms with Crippen molar-refractivity contribution in [3.8, 4) is 17.2 Å². The second-order valence-corrected chi connectivity index (χ2v) is 8.86. The molecule has 1 heterocycles. The monoisotopic (exact) mass is 517 g/mol. The van der Waals surface area contributed by atoms with Gasteiger partial charge in [0.15, 0.2) is 11.5 Å². The van der Waals surface area contributed by atoms with Crippen molar-refractivity contribution >= 4 is 29.1 Å². The van der Waals surface area contributed by atoms with Crippen molar-refractivity contribution < 1.29 is 33.6 Å². The fourth-order valence-electron chi connectivity index (χ4n) is 4.12. The molecule has 1 unspecified atom stereocenters. The molecule has 1 fully saturated rings. The van der Waals surface area contributed by atoms with Crippen molar-refractivity contribution in [1.29, 1.82) is 0 Å². The number of likely N-dealkylation sites (tertiary alicyclic amines) is 1. The first-order valence-electron chi connectivity index (χ1n) is 11.8. The number of carbonyl (C=O) groups excluding carboxylic acids is 2. The standard InChI is InChI=1S/C27H32ClNO7/c1-6-35-18-9-10-20(28)19(15-18)25(30)23-24(17-8-11-21(33-4)22(14-17)34-5)29(27(32)26(23)31)12-7-13-36-16(2)3/h8-11,14-16,24,30H,6-7,12-13H2,1-5H3/b25-23+. The highest BCUT2D eigenvalue weighted by atomic mass is 35.5. The minimum Gasteiger partial charge on any atom is -0.507 e. The number of hydrogen-bond donors (Lipinski definition) is 1. The zero-order valence-corrected chi connectivity index (χ0v) is 21.9. The number of Topliss-reactive ketones (excluding diaryl/α,β-unsaturated/α-hetero) is 1. The molecule has 3 rings (SSSR count). The van der Waals surface area contributed by atoms with E-state index < -0.39 is 17.7 Å². The topological polar surface area (TPSA) is 94.5 Å². The van der Waals surface area contributed by atoms with Crippen LogP contribution < -0.4 is 14.2 Å². The van der Waals surface area contributed by atoms with Crippen molar-refractivity contribution in [2.24, 2.45) is 0 Å². The van der Waals surface area contributed by atoms with Gasteiger partial charge in [-0.15, -0.1) is 0 Å². The summed E-state index contributed by atoms with van der Waals surface area (Å²) in [5, 5.41) is 11.6. The van der Waals surface area contributed by atoms with Crippen molar-refractivity contribution in [2.75, 3.05) is 34.0 Å². The summed E-state index contributed by atoms with van der Waals surface area (Å²) in [7, 11) is 3.02. The van der Waals surface area contributed by atoms with Crippen LogP contribution in [0.25, 0.3) is 5.76 Å². The number of hydrogen-bond acceptors (Lipinski definition) is 7. The van der Waals surface area contributed by atoms with Crippen LogP contribution in [0.2, 0.25) is 5.02 Å². The molecule has 0 aromatic heterocycles. The lowest BCUT2D eigenvalue weighted by Crippen LogP contribution is -2.31. The largest absolute Gasteiger partial charge is 0.507 e. The third kappa shape index (κ3) is 5.77. The number of aliphatic hydroxyl groups excluding tert-OH is 1. The van der Waals surface area contributed by atoms with E-state index in [2.05, 4.69) is 0 Å². The van der Waals surface area contributed by atoms with Crippen LogP contribution in [0.4, 0.5) is 0 Å². The fraction of sp³-hybridized carbons (Fsp3) is 0.407. The number of amides is 1. The molecule has 8 nitrogen and oxygen atoms in total. The lowest BCUT2D eigenvalue weighted by molar-refractivity contribution is -0.140. The van der Waals surface area contributed by atoms with E-state index in [4.69, 9.17) is 30.5 Å². The van der Waals surface area contributed by atoms with Crippen molar-refractivity contribution in [1.82, 2.24) is 4.90 Å². The molecule has 0 radical (unpaired) electrons. The van der Waals surface area contributed by atoms with Crippen LogP contribution in [0.5, 0.6) is 17.2 Å². The molecule has 0 saturated carbocycles. The molecule has 1 amide bonds. The van der Waals surface area contributed by atoms with E-state index in [9.17, 15) is 14.7 Å². The van der Waals surface area contributed by atoms with E-state index >= 15 is 0 Å². The molecule has 194 valence electrons. The highest BCUT2D eigenvalue weighted by molar-refractivity contribution is 6.47. The molecule has 9 heteroatoms. The third-order valence-corrected chi connectivity index (χ3v) is 6.09. The van der Waals surface area contributed by atoms with Gasteiger partial charge in [0.05, 0.1) is 43.6 Å². The number of ether oxygens (including phenoxy) is 4. The minimum atomic E-state index is -0.865. The zero-order chi connectivity index (χ0) is 26.4. The number of methoxy groups -OCH3 is 2. The number of benzene rings is 2. The van der Waals surface area contributed by atoms with Gasteiger partial charge in [-0.05, 0) is 63.1 Å². The predicted octanol–water partition coefficient (Wildman–Crippen LogP) is 4.99. The van der Waals surface area contributed by atoms with Gasteiger partial charge in [-0.1, -0.05) is 17.7 Å². The molecule has 1 atom stereocenters. The second kappa shape index (κ2) is 12.1. The van der Waals surface area contributed by atoms with E-state index in [0.29, 0.717) is 42.4 Å². The van der Waals surface area contributed by atoms with Gasteiger partial charge >= 0.3 is 0 Å². The normalized spacial score (nSPS) is 17.1. The summed E-state index contributed by atoms with van der Waals surface area (Å²) in [5.74, 6) is -0.476. The summed E-state index contributed by atoms with van der Waals surface area (Å²) >= 11 is 6.39. The molecule has 1 aliphatic rings. The van der Waals surface area contributed by atoms with Crippen molar-refractivity contribution in [2.45, 2.75) is 39.3 Å². The Morgan fingerprint density at radius 2 is 1.81 bits per heavy atom. The molecule has 1 aliphatic heterocycles. The number of rotatable bonds is 11. The molecular formula is C27H32ClNO7. The highest BCUT2D eigenvalue weighted by Crippen LogP contribution is 2.43. The molecular weight excluding hydrogens is 486 g/mol. The maximum atomic E-state index is 13.3. The molecule has 0 spiro atoms. The van der Waals surface area contributed by atoms with Gasteiger partial charge in [-0.3, -0.25) is 9.59 Å². The maximum absolute atomic E-state index is 13.3. The van der Waals surface area contributed by atoms with Crippen LogP contribution in [-0.2, 0) is 14.3 Å². The molecule has 0 bridgehead atoms. The summed E-state index contributed by atoms with van der Waals surface area (Å²) < 4.78 is 21.9. The first-order chi connectivity index (χ1) is 17.2. The molecule has 36 heavy (non-hydrogen) atoms. The summed E-state index contributed by atoms with van der Waals surface area (Å²) in [5.41, 5.74) is 0.719. The first-order valence-corrected chi connectivity index (χ1v) is 12.2. The number of ketones is 1. The summed E-state index contributed by atoms with van der Waals surface area (Å²) in [6, 6.07) is 9.05. The van der Waals surface area contributed by atoms with Crippen LogP contribution in [0.3, 0.4) is 0 Å². The summed E-state index contributed by atoms with van der Waals surface area (Å²) in [6.45, 7) is 6.77. The summed E-state index contributed by atoms with van der Waals surface area (Å²) in [4.78, 5) is 27.9. The van der Waals surface area contributed by atoms with Gasteiger partial charge in [0.2, 0.25) is 0 Å². The Morgan fingerprint density at radius 3 is 2.44 bits per heavy atom. The molecule has 1 N–H and O–H groups in total. The second-order valence-electron chi connectivity index (χ2n) is 8.45. The Labute approximate surface area is 216 Å². The molecule has 1 saturated heterocycles. The van der Waals surface area contributed by atoms with E-state index in [-0.39, 0.29) is 34.6 Å². The lowest BCUT2D eigenvalue weighted by Gasteiger charge is -2.26. The Kier molecular flexibility index (Phi) is 9.23. The van der Waals surface area contributed by atoms with Crippen molar-refractivity contribution in [3.63, 3.8) is 0 Å². The van der Waals surface area contributed by atoms with E-state index in [1.165, 1.54) is 19.1 Å². The van der Waals surface area contributed by atoms with Crippen LogP contribution in [0.1, 0.15) is 44.4 Å². The third-order valence-electron chi connectivity index (χ3n) is 5.76. The van der Waals surface area contributed by atoms with Crippen LogP contribution in [0.15, 0.2) is 42.0 Å². The van der Waals surface area contributed by atoms with Crippen molar-refractivity contribution in [3.05, 3.63) is 58.1 Å². The Balaban J connectivity index is 2.14. The summed E-state index contributed by atoms with van der Waals surface area (Å²) in [6.07, 6.45) is 0.553. The van der Waals surface area contributed by atoms with Gasteiger partial charge in [0.1, 0.15) is 11.5 Å². The van der Waals surface area contributed by atoms with Gasteiger partial charge in [-0.2, -0.15) is 0 Å². The van der Waals surface area contributed by atoms with Crippen LogP contribution in [-0.4, -0.2) is 61.8 Å². The lowest BCUT2D eigenvalue weighted by atomic mass is 9.94. The minimum absolute atomic E-state index is 0.0433. The smallest absolute Gasteiger partial charge is 0.295 e. The van der Waals surface area contributed by atoms with Crippen LogP contribution in [0, 0.1) is 0 Å². The number of nitrogens with zero attached hydrogens (tertiary/aromatic N) is 1. The number of aliphatic hydroxyl groups is 1. The molecule has 2 aromatic carbocycles. The highest BCUT2D eigenvalue weighted by Gasteiger charge is 2.46. The van der Waals surface area contributed by atoms with E-state index in [1.54, 1.807) is 36.4 Å². The van der Waals surface area contributed by atoms with Gasteiger partial charge in [0.25, 0.3) is 11.7 Å². The van der Waals surface area contributed by atoms with Gasteiger partial charge in [0, 0.05) is 18.7 Å². The van der Waals surface area contributed by atoms with Crippen LogP contribution >= 0.6 is 11.6 Å². The van der Waals surface area contributed by atoms with Gasteiger partial charge < -0.3 is 29.0 Å². The maximum Gasteiger partial charge on any atom is 0.295 e. The average molecular weight is 518 g/mol. The SMILES string of the molecule is CCOc1ccc(Cl)c(/C(O)=C2\C(=O)C(=O)N(CCCOC(C)C)C2c2ccc(OC)c(OC)c2)c1.